The summed E-state index contributed by atoms with van der Waals surface area (Å²) in [6.45, 7) is 5.36. The number of hydrogen-bond acceptors (Lipinski definition) is 10. The molecule has 5 atom stereocenters. The van der Waals surface area contributed by atoms with Gasteiger partial charge in [-0.3, -0.25) is 24.0 Å². The lowest BCUT2D eigenvalue weighted by Gasteiger charge is -2.44. The van der Waals surface area contributed by atoms with Crippen LogP contribution in [-0.4, -0.2) is 67.0 Å². The van der Waals surface area contributed by atoms with E-state index in [4.69, 9.17) is 23.7 Å². The first kappa shape index (κ1) is 22.4. The van der Waals surface area contributed by atoms with Crippen LogP contribution in [0.4, 0.5) is 0 Å². The standard InChI is InChI=1S/C16H23NO10/c1-7(18)17-13-15(25-10(4)21)14(24-9(3)20)12(6-23-8(2)19)27-16(13)26-11(5)22/h12-16H,6H2,1-5H3,(H,17,18)/t12-,13-,14-,15-,16+/m1/s1. The van der Waals surface area contributed by atoms with Crippen LogP contribution in [0.25, 0.3) is 0 Å². The third-order valence-corrected chi connectivity index (χ3v) is 3.35. The van der Waals surface area contributed by atoms with Crippen LogP contribution in [0.1, 0.15) is 34.6 Å². The summed E-state index contributed by atoms with van der Waals surface area (Å²) in [7, 11) is 0. The molecule has 1 rings (SSSR count). The predicted octanol–water partition coefficient (Wildman–Crippen LogP) is -0.794. The van der Waals surface area contributed by atoms with Gasteiger partial charge in [-0.1, -0.05) is 0 Å². The van der Waals surface area contributed by atoms with Crippen LogP contribution in [0.3, 0.4) is 0 Å². The van der Waals surface area contributed by atoms with Crippen molar-refractivity contribution in [2.24, 2.45) is 0 Å². The van der Waals surface area contributed by atoms with Crippen molar-refractivity contribution in [2.45, 2.75) is 65.3 Å². The minimum Gasteiger partial charge on any atom is -0.463 e. The van der Waals surface area contributed by atoms with Gasteiger partial charge in [0.2, 0.25) is 12.2 Å². The average Bonchev–Trinajstić information content (AvgIpc) is 2.49. The van der Waals surface area contributed by atoms with Gasteiger partial charge in [-0.25, -0.2) is 0 Å². The zero-order chi connectivity index (χ0) is 20.7. The van der Waals surface area contributed by atoms with E-state index in [2.05, 4.69) is 5.32 Å². The topological polar surface area (TPSA) is 144 Å². The van der Waals surface area contributed by atoms with Gasteiger partial charge in [0.25, 0.3) is 0 Å². The molecule has 0 radical (unpaired) electrons. The summed E-state index contributed by atoms with van der Waals surface area (Å²) in [5.74, 6) is -3.34. The van der Waals surface area contributed by atoms with Gasteiger partial charge in [-0.2, -0.15) is 0 Å². The van der Waals surface area contributed by atoms with E-state index in [-0.39, 0.29) is 6.61 Å². The van der Waals surface area contributed by atoms with Gasteiger partial charge in [-0.05, 0) is 0 Å². The molecule has 11 heteroatoms. The molecule has 1 N–H and O–H groups in total. The van der Waals surface area contributed by atoms with Crippen molar-refractivity contribution in [1.29, 1.82) is 0 Å². The van der Waals surface area contributed by atoms with Gasteiger partial charge < -0.3 is 29.0 Å². The maximum atomic E-state index is 11.6. The Morgan fingerprint density at radius 3 is 1.74 bits per heavy atom. The van der Waals surface area contributed by atoms with Crippen molar-refractivity contribution >= 4 is 29.8 Å². The highest BCUT2D eigenvalue weighted by Crippen LogP contribution is 2.28. The zero-order valence-corrected chi connectivity index (χ0v) is 15.7. The lowest BCUT2D eigenvalue weighted by molar-refractivity contribution is -0.270. The van der Waals surface area contributed by atoms with E-state index >= 15 is 0 Å². The molecule has 0 aromatic rings. The lowest BCUT2D eigenvalue weighted by atomic mass is 9.96. The summed E-state index contributed by atoms with van der Waals surface area (Å²) >= 11 is 0. The van der Waals surface area contributed by atoms with Crippen LogP contribution >= 0.6 is 0 Å². The van der Waals surface area contributed by atoms with E-state index in [1.54, 1.807) is 0 Å². The van der Waals surface area contributed by atoms with Crippen molar-refractivity contribution in [3.8, 4) is 0 Å². The summed E-state index contributed by atoms with van der Waals surface area (Å²) in [4.78, 5) is 57.2. The molecule has 152 valence electrons. The maximum absolute atomic E-state index is 11.6. The number of nitrogens with one attached hydrogen (secondary N) is 1. The first-order chi connectivity index (χ1) is 12.5. The summed E-state index contributed by atoms with van der Waals surface area (Å²) in [6.07, 6.45) is -4.97. The van der Waals surface area contributed by atoms with Gasteiger partial charge in [0.15, 0.2) is 12.2 Å². The predicted molar refractivity (Wildman–Crippen MR) is 85.8 cm³/mol. The fraction of sp³-hybridized carbons (Fsp3) is 0.688. The molecule has 1 amide bonds. The van der Waals surface area contributed by atoms with Crippen LogP contribution in [0, 0.1) is 0 Å². The average molecular weight is 389 g/mol. The van der Waals surface area contributed by atoms with Crippen molar-refractivity contribution < 1.29 is 47.7 Å². The summed E-state index contributed by atoms with van der Waals surface area (Å²) < 4.78 is 25.9. The third-order valence-electron chi connectivity index (χ3n) is 3.35. The van der Waals surface area contributed by atoms with Crippen LogP contribution in [0.5, 0.6) is 0 Å². The largest absolute Gasteiger partial charge is 0.463 e. The van der Waals surface area contributed by atoms with E-state index in [9.17, 15) is 24.0 Å². The van der Waals surface area contributed by atoms with Gasteiger partial charge in [-0.15, -0.1) is 0 Å². The first-order valence-electron chi connectivity index (χ1n) is 8.08. The van der Waals surface area contributed by atoms with Crippen LogP contribution in [0.15, 0.2) is 0 Å². The Kier molecular flexibility index (Phi) is 8.16. The molecule has 1 aliphatic rings. The highest BCUT2D eigenvalue weighted by molar-refractivity contribution is 5.74. The number of ether oxygens (including phenoxy) is 5. The molecule has 0 bridgehead atoms. The smallest absolute Gasteiger partial charge is 0.305 e. The van der Waals surface area contributed by atoms with Crippen molar-refractivity contribution in [3.63, 3.8) is 0 Å². The van der Waals surface area contributed by atoms with E-state index < -0.39 is 60.4 Å². The number of amides is 1. The fourth-order valence-electron chi connectivity index (χ4n) is 2.55. The Bertz CT molecular complexity index is 604. The van der Waals surface area contributed by atoms with E-state index in [1.165, 1.54) is 6.92 Å². The summed E-state index contributed by atoms with van der Waals surface area (Å²) in [5.41, 5.74) is 0. The number of rotatable bonds is 6. The fourth-order valence-corrected chi connectivity index (χ4v) is 2.55. The molecule has 11 nitrogen and oxygen atoms in total. The quantitative estimate of drug-likeness (QED) is 0.453. The Balaban J connectivity index is 3.29. The minimum atomic E-state index is -1.37. The van der Waals surface area contributed by atoms with Crippen LogP contribution in [0.2, 0.25) is 0 Å². The normalized spacial score (nSPS) is 27.1. The SMILES string of the molecule is CC(=O)N[C@H]1[C@@H](OC(C)=O)O[C@H](COC(C)=O)[C@@H](OC(C)=O)[C@@H]1OC(C)=O. The molecule has 0 saturated carbocycles. The molecular formula is C16H23NO10. The Hall–Kier alpha value is -2.69. The van der Waals surface area contributed by atoms with Crippen molar-refractivity contribution in [2.75, 3.05) is 6.61 Å². The van der Waals surface area contributed by atoms with Gasteiger partial charge >= 0.3 is 23.9 Å². The molecule has 1 fully saturated rings. The number of carbonyl (C=O) groups excluding carboxylic acids is 5. The number of esters is 4. The van der Waals surface area contributed by atoms with Crippen LogP contribution in [-0.2, 0) is 47.7 Å². The number of carbonyl (C=O) groups is 5. The highest BCUT2D eigenvalue weighted by Gasteiger charge is 2.52. The van der Waals surface area contributed by atoms with Gasteiger partial charge in [0, 0.05) is 34.6 Å². The maximum Gasteiger partial charge on any atom is 0.305 e. The Morgan fingerprint density at radius 1 is 0.778 bits per heavy atom. The van der Waals surface area contributed by atoms with Gasteiger partial charge in [0.05, 0.1) is 0 Å². The highest BCUT2D eigenvalue weighted by atomic mass is 16.7. The van der Waals surface area contributed by atoms with E-state index in [1.807, 2.05) is 0 Å². The first-order valence-corrected chi connectivity index (χ1v) is 8.08. The van der Waals surface area contributed by atoms with E-state index in [0.717, 1.165) is 27.7 Å². The molecule has 1 heterocycles. The Labute approximate surface area is 155 Å². The second-order valence-corrected chi connectivity index (χ2v) is 5.83. The number of hydrogen-bond donors (Lipinski definition) is 1. The monoisotopic (exact) mass is 389 g/mol. The third kappa shape index (κ3) is 7.21. The van der Waals surface area contributed by atoms with Crippen molar-refractivity contribution in [3.05, 3.63) is 0 Å². The summed E-state index contributed by atoms with van der Waals surface area (Å²) in [6, 6.07) is -1.16. The molecule has 0 unspecified atom stereocenters. The molecule has 0 spiro atoms. The second-order valence-electron chi connectivity index (χ2n) is 5.83. The van der Waals surface area contributed by atoms with Gasteiger partial charge in [0.1, 0.15) is 18.8 Å². The lowest BCUT2D eigenvalue weighted by Crippen LogP contribution is -2.66. The molecule has 0 aliphatic carbocycles. The molecule has 0 aromatic carbocycles. The summed E-state index contributed by atoms with van der Waals surface area (Å²) in [5, 5.41) is 2.46. The zero-order valence-electron chi connectivity index (χ0n) is 15.7. The molecule has 1 aliphatic heterocycles. The molecular weight excluding hydrogens is 366 g/mol. The minimum absolute atomic E-state index is 0.365. The second kappa shape index (κ2) is 9.86. The Morgan fingerprint density at radius 2 is 1.30 bits per heavy atom. The van der Waals surface area contributed by atoms with E-state index in [0.29, 0.717) is 0 Å². The van der Waals surface area contributed by atoms with Crippen LogP contribution < -0.4 is 5.32 Å². The molecule has 1 saturated heterocycles. The molecule has 0 aromatic heterocycles. The van der Waals surface area contributed by atoms with Crippen molar-refractivity contribution in [1.82, 2.24) is 5.32 Å². The molecule has 27 heavy (non-hydrogen) atoms.